The first kappa shape index (κ1) is 20.6. The molecule has 3 aromatic heterocycles. The van der Waals surface area contributed by atoms with E-state index in [1.807, 2.05) is 13.8 Å². The van der Waals surface area contributed by atoms with Gasteiger partial charge in [0, 0.05) is 11.1 Å². The second-order valence-corrected chi connectivity index (χ2v) is 5.12. The molecule has 4 aromatic rings. The van der Waals surface area contributed by atoms with Crippen molar-refractivity contribution in [1.82, 2.24) is 0 Å². The van der Waals surface area contributed by atoms with Gasteiger partial charge in [-0.15, -0.1) is 0 Å². The Morgan fingerprint density at radius 3 is 2.00 bits per heavy atom. The second-order valence-electron chi connectivity index (χ2n) is 5.12. The standard InChI is InChI=1S/C11H7FO2.C9H6O3.C2H6/c12-9-4-3-8(7-13)10(6-9)11-2-1-5-14-11;10-6-7-3-4-9(12-7)8-2-1-5-11-8;1-2/h1-7H;1-6H;1-2H3. The van der Waals surface area contributed by atoms with E-state index < -0.39 is 0 Å². The number of hydrogen-bond acceptors (Lipinski definition) is 5. The van der Waals surface area contributed by atoms with Gasteiger partial charge in [0.2, 0.25) is 0 Å². The summed E-state index contributed by atoms with van der Waals surface area (Å²) in [4.78, 5) is 20.9. The maximum atomic E-state index is 12.9. The minimum atomic E-state index is -0.387. The summed E-state index contributed by atoms with van der Waals surface area (Å²) in [6.07, 6.45) is 4.37. The van der Waals surface area contributed by atoms with Crippen LogP contribution >= 0.6 is 0 Å². The van der Waals surface area contributed by atoms with Crippen LogP contribution in [-0.4, -0.2) is 12.6 Å². The summed E-state index contributed by atoms with van der Waals surface area (Å²) in [5.41, 5.74) is 0.895. The monoisotopic (exact) mass is 382 g/mol. The zero-order chi connectivity index (χ0) is 20.4. The molecule has 0 amide bonds. The summed E-state index contributed by atoms with van der Waals surface area (Å²) in [5.74, 6) is 1.61. The fourth-order valence-electron chi connectivity index (χ4n) is 2.24. The molecule has 3 heterocycles. The molecule has 144 valence electrons. The Morgan fingerprint density at radius 2 is 1.46 bits per heavy atom. The Bertz CT molecular complexity index is 982. The number of hydrogen-bond donors (Lipinski definition) is 0. The summed E-state index contributed by atoms with van der Waals surface area (Å²) >= 11 is 0. The maximum Gasteiger partial charge on any atom is 0.185 e. The summed E-state index contributed by atoms with van der Waals surface area (Å²) in [7, 11) is 0. The molecule has 5 nitrogen and oxygen atoms in total. The van der Waals surface area contributed by atoms with Gasteiger partial charge in [0.1, 0.15) is 11.6 Å². The second kappa shape index (κ2) is 10.5. The van der Waals surface area contributed by atoms with Gasteiger partial charge in [-0.05, 0) is 54.6 Å². The molecule has 0 spiro atoms. The topological polar surface area (TPSA) is 73.6 Å². The molecule has 0 aliphatic rings. The normalized spacial score (nSPS) is 9.54. The molecule has 0 bridgehead atoms. The zero-order valence-corrected chi connectivity index (χ0v) is 15.4. The quantitative estimate of drug-likeness (QED) is 0.389. The van der Waals surface area contributed by atoms with Crippen molar-refractivity contribution in [2.24, 2.45) is 0 Å². The van der Waals surface area contributed by atoms with Crippen LogP contribution in [0, 0.1) is 5.82 Å². The molecule has 4 rings (SSSR count). The Balaban J connectivity index is 0.000000186. The predicted molar refractivity (Wildman–Crippen MR) is 103 cm³/mol. The number of halogens is 1. The number of rotatable bonds is 4. The van der Waals surface area contributed by atoms with Gasteiger partial charge in [-0.3, -0.25) is 9.59 Å². The molecule has 0 radical (unpaired) electrons. The van der Waals surface area contributed by atoms with E-state index in [4.69, 9.17) is 13.3 Å². The third kappa shape index (κ3) is 5.17. The maximum absolute atomic E-state index is 12.9. The van der Waals surface area contributed by atoms with Crippen LogP contribution < -0.4 is 0 Å². The molecule has 0 saturated heterocycles. The lowest BCUT2D eigenvalue weighted by molar-refractivity contribution is 0.109. The first-order chi connectivity index (χ1) is 13.7. The lowest BCUT2D eigenvalue weighted by Crippen LogP contribution is -1.87. The molecule has 0 N–H and O–H groups in total. The van der Waals surface area contributed by atoms with Crippen LogP contribution in [0.2, 0.25) is 0 Å². The van der Waals surface area contributed by atoms with E-state index in [1.54, 1.807) is 42.7 Å². The van der Waals surface area contributed by atoms with E-state index in [-0.39, 0.29) is 5.82 Å². The molecular formula is C22H19FO5. The Kier molecular flexibility index (Phi) is 7.72. The summed E-state index contributed by atoms with van der Waals surface area (Å²) in [6.45, 7) is 4.00. The first-order valence-electron chi connectivity index (χ1n) is 8.59. The zero-order valence-electron chi connectivity index (χ0n) is 15.4. The van der Waals surface area contributed by atoms with Crippen LogP contribution in [-0.2, 0) is 0 Å². The third-order valence-corrected chi connectivity index (χ3v) is 3.44. The molecule has 0 aliphatic carbocycles. The molecule has 0 unspecified atom stereocenters. The van der Waals surface area contributed by atoms with E-state index >= 15 is 0 Å². The van der Waals surface area contributed by atoms with E-state index in [2.05, 4.69) is 0 Å². The molecule has 28 heavy (non-hydrogen) atoms. The van der Waals surface area contributed by atoms with E-state index in [0.717, 1.165) is 0 Å². The van der Waals surface area contributed by atoms with Crippen LogP contribution in [0.5, 0.6) is 0 Å². The van der Waals surface area contributed by atoms with Crippen LogP contribution in [0.15, 0.2) is 80.4 Å². The number of carbonyl (C=O) groups is 2. The van der Waals surface area contributed by atoms with Crippen LogP contribution in [0.1, 0.15) is 34.8 Å². The average molecular weight is 382 g/mol. The largest absolute Gasteiger partial charge is 0.464 e. The van der Waals surface area contributed by atoms with E-state index in [0.29, 0.717) is 46.7 Å². The van der Waals surface area contributed by atoms with Gasteiger partial charge in [0.25, 0.3) is 0 Å². The van der Waals surface area contributed by atoms with Gasteiger partial charge in [-0.1, -0.05) is 13.8 Å². The lowest BCUT2D eigenvalue weighted by atomic mass is 10.1. The highest BCUT2D eigenvalue weighted by Gasteiger charge is 2.08. The minimum absolute atomic E-state index is 0.307. The Labute approximate surface area is 161 Å². The molecule has 0 aliphatic heterocycles. The molecule has 1 aromatic carbocycles. The molecule has 6 heteroatoms. The lowest BCUT2D eigenvalue weighted by Gasteiger charge is -2.00. The van der Waals surface area contributed by atoms with Crippen molar-refractivity contribution in [3.63, 3.8) is 0 Å². The van der Waals surface area contributed by atoms with Crippen molar-refractivity contribution >= 4 is 12.6 Å². The van der Waals surface area contributed by atoms with Gasteiger partial charge >= 0.3 is 0 Å². The van der Waals surface area contributed by atoms with E-state index in [1.165, 1.54) is 24.5 Å². The van der Waals surface area contributed by atoms with Gasteiger partial charge in [0.05, 0.1) is 12.5 Å². The number of aldehydes is 2. The molecule has 0 saturated carbocycles. The summed E-state index contributed by atoms with van der Waals surface area (Å²) in [6, 6.07) is 14.2. The highest BCUT2D eigenvalue weighted by Crippen LogP contribution is 2.24. The number of carbonyl (C=O) groups excluding carboxylic acids is 2. The average Bonchev–Trinajstić information content (AvgIpc) is 3.52. The molecular weight excluding hydrogens is 363 g/mol. The molecule has 0 atom stereocenters. The van der Waals surface area contributed by atoms with Crippen molar-refractivity contribution in [2.45, 2.75) is 13.8 Å². The van der Waals surface area contributed by atoms with E-state index in [9.17, 15) is 14.0 Å². The Hall–Kier alpha value is -3.67. The van der Waals surface area contributed by atoms with Crippen LogP contribution in [0.3, 0.4) is 0 Å². The van der Waals surface area contributed by atoms with Crippen molar-refractivity contribution < 1.29 is 27.2 Å². The van der Waals surface area contributed by atoms with Crippen molar-refractivity contribution in [2.75, 3.05) is 0 Å². The highest BCUT2D eigenvalue weighted by molar-refractivity contribution is 5.86. The number of benzene rings is 1. The highest BCUT2D eigenvalue weighted by atomic mass is 19.1. The van der Waals surface area contributed by atoms with Gasteiger partial charge in [0.15, 0.2) is 29.9 Å². The van der Waals surface area contributed by atoms with Crippen LogP contribution in [0.4, 0.5) is 4.39 Å². The molecule has 0 fully saturated rings. The van der Waals surface area contributed by atoms with Crippen molar-refractivity contribution in [3.8, 4) is 22.8 Å². The fraction of sp³-hybridized carbons (Fsp3) is 0.0909. The van der Waals surface area contributed by atoms with Gasteiger partial charge < -0.3 is 13.3 Å². The van der Waals surface area contributed by atoms with Crippen molar-refractivity contribution in [3.05, 3.63) is 84.3 Å². The third-order valence-electron chi connectivity index (χ3n) is 3.44. The summed E-state index contributed by atoms with van der Waals surface area (Å²) < 4.78 is 28.2. The van der Waals surface area contributed by atoms with Crippen molar-refractivity contribution in [1.29, 1.82) is 0 Å². The fourth-order valence-corrected chi connectivity index (χ4v) is 2.24. The Morgan fingerprint density at radius 1 is 0.786 bits per heavy atom. The first-order valence-corrected chi connectivity index (χ1v) is 8.59. The smallest absolute Gasteiger partial charge is 0.185 e. The number of furan rings is 3. The summed E-state index contributed by atoms with van der Waals surface area (Å²) in [5, 5.41) is 0. The SMILES string of the molecule is CC.O=Cc1ccc(-c2ccco2)o1.O=Cc1ccc(F)cc1-c1ccco1. The van der Waals surface area contributed by atoms with Crippen LogP contribution in [0.25, 0.3) is 22.8 Å². The van der Waals surface area contributed by atoms with Gasteiger partial charge in [-0.25, -0.2) is 4.39 Å². The minimum Gasteiger partial charge on any atom is -0.464 e. The predicted octanol–water partition coefficient (Wildman–Crippen LogP) is 6.28. The van der Waals surface area contributed by atoms with Gasteiger partial charge in [-0.2, -0.15) is 0 Å².